The van der Waals surface area contributed by atoms with Crippen LogP contribution in [0.3, 0.4) is 0 Å². The SMILES string of the molecule is CCCCc1oc2ccc([N+](=O)[O-])cc2c1-c1ccccc1C(=O)c1ccccc1-c1c(CCCC)oc2ccc([N+](=O)[O-])cc12. The molecule has 0 saturated heterocycles. The number of furan rings is 2. The van der Waals surface area contributed by atoms with Gasteiger partial charge in [-0.1, -0.05) is 75.2 Å². The summed E-state index contributed by atoms with van der Waals surface area (Å²) in [6.45, 7) is 4.15. The molecule has 0 N–H and O–H groups in total. The van der Waals surface area contributed by atoms with Crippen LogP contribution in [0.4, 0.5) is 11.4 Å². The Morgan fingerprint density at radius 1 is 0.630 bits per heavy atom. The lowest BCUT2D eigenvalue weighted by atomic mass is 9.87. The number of nitrogens with zero attached hydrogens (tertiary/aromatic N) is 2. The number of nitro benzene ring substituents is 2. The maximum Gasteiger partial charge on any atom is 0.270 e. The lowest BCUT2D eigenvalue weighted by Crippen LogP contribution is -2.06. The molecule has 4 aromatic carbocycles. The standard InChI is InChI=1S/C37H32N2O7/c1-3-5-15-33-35(29-21-23(38(41)42)17-19-31(29)45-33)25-11-7-9-13-27(25)37(40)28-14-10-8-12-26(28)36-30-22-24(39(43)44)18-20-32(30)46-34(36)16-6-4-2/h7-14,17-22H,3-6,15-16H2,1-2H3. The van der Waals surface area contributed by atoms with Crippen molar-refractivity contribution >= 4 is 39.1 Å². The molecule has 0 atom stereocenters. The quantitative estimate of drug-likeness (QED) is 0.0759. The van der Waals surface area contributed by atoms with Crippen LogP contribution < -0.4 is 0 Å². The fourth-order valence-electron chi connectivity index (χ4n) is 6.06. The van der Waals surface area contributed by atoms with Crippen molar-refractivity contribution in [1.29, 1.82) is 0 Å². The first-order chi connectivity index (χ1) is 22.3. The molecule has 2 heterocycles. The van der Waals surface area contributed by atoms with Gasteiger partial charge in [-0.3, -0.25) is 25.0 Å². The highest BCUT2D eigenvalue weighted by molar-refractivity contribution is 6.18. The van der Waals surface area contributed by atoms with Gasteiger partial charge in [0, 0.05) is 70.1 Å². The minimum absolute atomic E-state index is 0.0636. The van der Waals surface area contributed by atoms with Gasteiger partial charge in [-0.15, -0.1) is 0 Å². The van der Waals surface area contributed by atoms with Crippen LogP contribution >= 0.6 is 0 Å². The van der Waals surface area contributed by atoms with Crippen molar-refractivity contribution in [3.8, 4) is 22.3 Å². The number of unbranched alkanes of at least 4 members (excludes halogenated alkanes) is 2. The fourth-order valence-corrected chi connectivity index (χ4v) is 6.06. The average molecular weight is 617 g/mol. The van der Waals surface area contributed by atoms with Gasteiger partial charge < -0.3 is 8.83 Å². The number of carbonyl (C=O) groups excluding carboxylic acids is 1. The van der Waals surface area contributed by atoms with Crippen molar-refractivity contribution < 1.29 is 23.5 Å². The Hall–Kier alpha value is -5.57. The van der Waals surface area contributed by atoms with Gasteiger partial charge in [0.1, 0.15) is 22.7 Å². The second-order valence-corrected chi connectivity index (χ2v) is 11.3. The number of carbonyl (C=O) groups is 1. The molecule has 9 heteroatoms. The second kappa shape index (κ2) is 12.8. The minimum Gasteiger partial charge on any atom is -0.460 e. The highest BCUT2D eigenvalue weighted by Gasteiger charge is 2.27. The van der Waals surface area contributed by atoms with Gasteiger partial charge in [-0.2, -0.15) is 0 Å². The summed E-state index contributed by atoms with van der Waals surface area (Å²) < 4.78 is 12.5. The van der Waals surface area contributed by atoms with E-state index < -0.39 is 9.85 Å². The van der Waals surface area contributed by atoms with Crippen LogP contribution in [0.25, 0.3) is 44.2 Å². The Labute approximate surface area is 264 Å². The van der Waals surface area contributed by atoms with Crippen molar-refractivity contribution in [2.45, 2.75) is 52.4 Å². The van der Waals surface area contributed by atoms with Gasteiger partial charge in [-0.25, -0.2) is 0 Å². The number of non-ortho nitro benzene ring substituents is 2. The molecule has 9 nitrogen and oxygen atoms in total. The molecule has 0 amide bonds. The molecule has 6 aromatic rings. The lowest BCUT2D eigenvalue weighted by molar-refractivity contribution is -0.384. The summed E-state index contributed by atoms with van der Waals surface area (Å²) in [6.07, 6.45) is 4.73. The predicted molar refractivity (Wildman–Crippen MR) is 177 cm³/mol. The Kier molecular flexibility index (Phi) is 8.48. The van der Waals surface area contributed by atoms with E-state index in [0.717, 1.165) is 25.7 Å². The molecule has 0 spiro atoms. The van der Waals surface area contributed by atoms with Gasteiger partial charge in [0.15, 0.2) is 5.78 Å². The minimum atomic E-state index is -0.440. The van der Waals surface area contributed by atoms with Crippen LogP contribution in [0.5, 0.6) is 0 Å². The Balaban J connectivity index is 1.56. The van der Waals surface area contributed by atoms with Crippen molar-refractivity contribution in [2.24, 2.45) is 0 Å². The van der Waals surface area contributed by atoms with E-state index in [-0.39, 0.29) is 17.2 Å². The van der Waals surface area contributed by atoms with Gasteiger partial charge >= 0.3 is 0 Å². The summed E-state index contributed by atoms with van der Waals surface area (Å²) in [6, 6.07) is 23.5. The van der Waals surface area contributed by atoms with Crippen molar-refractivity contribution in [1.82, 2.24) is 0 Å². The van der Waals surface area contributed by atoms with E-state index in [1.54, 1.807) is 36.4 Å². The van der Waals surface area contributed by atoms with Crippen LogP contribution in [0.2, 0.25) is 0 Å². The van der Waals surface area contributed by atoms with E-state index in [1.807, 2.05) is 24.3 Å². The van der Waals surface area contributed by atoms with Gasteiger partial charge in [0.05, 0.1) is 9.85 Å². The number of benzene rings is 4. The largest absolute Gasteiger partial charge is 0.460 e. The zero-order chi connectivity index (χ0) is 32.4. The van der Waals surface area contributed by atoms with Crippen molar-refractivity contribution in [2.75, 3.05) is 0 Å². The van der Waals surface area contributed by atoms with E-state index in [0.29, 0.717) is 79.7 Å². The molecule has 0 aliphatic rings. The lowest BCUT2D eigenvalue weighted by Gasteiger charge is -2.13. The molecule has 0 aliphatic heterocycles. The van der Waals surface area contributed by atoms with Gasteiger partial charge in [0.25, 0.3) is 11.4 Å². The first-order valence-electron chi connectivity index (χ1n) is 15.5. The molecule has 2 aromatic heterocycles. The number of fused-ring (bicyclic) bond motifs is 2. The molecule has 6 rings (SSSR count). The number of rotatable bonds is 12. The molecular formula is C37H32N2O7. The van der Waals surface area contributed by atoms with E-state index in [9.17, 15) is 25.0 Å². The van der Waals surface area contributed by atoms with Crippen LogP contribution in [-0.2, 0) is 12.8 Å². The number of hydrogen-bond donors (Lipinski definition) is 0. The van der Waals surface area contributed by atoms with Gasteiger partial charge in [0.2, 0.25) is 0 Å². The third-order valence-electron chi connectivity index (χ3n) is 8.31. The summed E-state index contributed by atoms with van der Waals surface area (Å²) in [4.78, 5) is 37.2. The smallest absolute Gasteiger partial charge is 0.270 e. The van der Waals surface area contributed by atoms with Crippen LogP contribution in [-0.4, -0.2) is 15.6 Å². The molecular weight excluding hydrogens is 584 g/mol. The predicted octanol–water partition coefficient (Wildman–Crippen LogP) is 10.2. The zero-order valence-electron chi connectivity index (χ0n) is 25.6. The Morgan fingerprint density at radius 2 is 1.04 bits per heavy atom. The molecule has 0 bridgehead atoms. The molecule has 232 valence electrons. The molecule has 0 radical (unpaired) electrons. The monoisotopic (exact) mass is 616 g/mol. The fraction of sp³-hybridized carbons (Fsp3) is 0.216. The van der Waals surface area contributed by atoms with Crippen molar-refractivity contribution in [3.63, 3.8) is 0 Å². The van der Waals surface area contributed by atoms with E-state index >= 15 is 0 Å². The number of ketones is 1. The maximum atomic E-state index is 14.7. The summed E-state index contributed by atoms with van der Waals surface area (Å²) in [5.74, 6) is 1.08. The zero-order valence-corrected chi connectivity index (χ0v) is 25.6. The van der Waals surface area contributed by atoms with Crippen molar-refractivity contribution in [3.05, 3.63) is 128 Å². The average Bonchev–Trinajstić information content (AvgIpc) is 3.62. The summed E-state index contributed by atoms with van der Waals surface area (Å²) in [5.41, 5.74) is 4.30. The highest BCUT2D eigenvalue weighted by Crippen LogP contribution is 2.42. The second-order valence-electron chi connectivity index (χ2n) is 11.3. The highest BCUT2D eigenvalue weighted by atomic mass is 16.6. The first-order valence-corrected chi connectivity index (χ1v) is 15.5. The van der Waals surface area contributed by atoms with E-state index in [1.165, 1.54) is 24.3 Å². The third kappa shape index (κ3) is 5.56. The first kappa shape index (κ1) is 30.5. The summed E-state index contributed by atoms with van der Waals surface area (Å²) >= 11 is 0. The molecule has 0 saturated carbocycles. The van der Waals surface area contributed by atoms with E-state index in [2.05, 4.69) is 13.8 Å². The molecule has 0 fully saturated rings. The Morgan fingerprint density at radius 3 is 1.43 bits per heavy atom. The topological polar surface area (TPSA) is 130 Å². The van der Waals surface area contributed by atoms with Crippen LogP contribution in [0.1, 0.15) is 67.0 Å². The van der Waals surface area contributed by atoms with Crippen LogP contribution in [0.15, 0.2) is 93.8 Å². The number of aryl methyl sites for hydroxylation is 2. The Bertz CT molecular complexity index is 1970. The summed E-state index contributed by atoms with van der Waals surface area (Å²) in [7, 11) is 0. The van der Waals surface area contributed by atoms with E-state index in [4.69, 9.17) is 8.83 Å². The van der Waals surface area contributed by atoms with Crippen LogP contribution in [0, 0.1) is 20.2 Å². The maximum absolute atomic E-state index is 14.7. The number of nitro groups is 2. The van der Waals surface area contributed by atoms with Gasteiger partial charge in [-0.05, 0) is 36.1 Å². The third-order valence-corrected chi connectivity index (χ3v) is 8.31. The molecule has 46 heavy (non-hydrogen) atoms. The molecule has 0 aliphatic carbocycles. The summed E-state index contributed by atoms with van der Waals surface area (Å²) in [5, 5.41) is 24.6. The normalized spacial score (nSPS) is 11.3. The number of hydrogen-bond acceptors (Lipinski definition) is 7. The molecule has 0 unspecified atom stereocenters.